The summed E-state index contributed by atoms with van der Waals surface area (Å²) in [5.41, 5.74) is 0.568. The summed E-state index contributed by atoms with van der Waals surface area (Å²) >= 11 is 0. The van der Waals surface area contributed by atoms with Crippen molar-refractivity contribution < 1.29 is 14.6 Å². The summed E-state index contributed by atoms with van der Waals surface area (Å²) in [6.07, 6.45) is 2.81. The van der Waals surface area contributed by atoms with Gasteiger partial charge in [-0.1, -0.05) is 0 Å². The van der Waals surface area contributed by atoms with Crippen LogP contribution in [0.1, 0.15) is 24.8 Å². The van der Waals surface area contributed by atoms with Gasteiger partial charge >= 0.3 is 0 Å². The second kappa shape index (κ2) is 7.65. The molecule has 24 heavy (non-hydrogen) atoms. The number of rotatable bonds is 4. The van der Waals surface area contributed by atoms with Gasteiger partial charge in [-0.25, -0.2) is 0 Å². The van der Waals surface area contributed by atoms with Gasteiger partial charge in [-0.05, 0) is 43.5 Å². The Balaban J connectivity index is 1.44. The minimum absolute atomic E-state index is 0.0119. The normalized spacial score (nSPS) is 24.6. The predicted molar refractivity (Wildman–Crippen MR) is 88.5 cm³/mol. The second-order valence-electron chi connectivity index (χ2n) is 6.41. The van der Waals surface area contributed by atoms with E-state index in [4.69, 9.17) is 10.00 Å². The van der Waals surface area contributed by atoms with E-state index in [1.165, 1.54) is 0 Å². The maximum atomic E-state index is 12.3. The van der Waals surface area contributed by atoms with Crippen LogP contribution in [0.4, 0.5) is 0 Å². The highest BCUT2D eigenvalue weighted by Crippen LogP contribution is 2.25. The average molecular weight is 329 g/mol. The minimum Gasteiger partial charge on any atom is -0.484 e. The van der Waals surface area contributed by atoms with Crippen LogP contribution in [0.5, 0.6) is 5.75 Å². The molecule has 6 heteroatoms. The Bertz CT molecular complexity index is 603. The Labute approximate surface area is 142 Å². The van der Waals surface area contributed by atoms with E-state index >= 15 is 0 Å². The molecule has 1 saturated carbocycles. The van der Waals surface area contributed by atoms with Crippen LogP contribution in [-0.2, 0) is 4.79 Å². The van der Waals surface area contributed by atoms with Crippen molar-refractivity contribution in [2.45, 2.75) is 31.4 Å². The molecule has 1 amide bonds. The molecule has 0 radical (unpaired) electrons. The number of hydrogen-bond donors (Lipinski definition) is 1. The van der Waals surface area contributed by atoms with Crippen molar-refractivity contribution in [3.63, 3.8) is 0 Å². The first-order valence-electron chi connectivity index (χ1n) is 8.50. The molecule has 1 saturated heterocycles. The fraction of sp³-hybridized carbons (Fsp3) is 0.556. The highest BCUT2D eigenvalue weighted by Gasteiger charge is 2.33. The van der Waals surface area contributed by atoms with Crippen LogP contribution in [-0.4, -0.2) is 65.7 Å². The van der Waals surface area contributed by atoms with Crippen molar-refractivity contribution in [3.8, 4) is 11.8 Å². The van der Waals surface area contributed by atoms with Crippen molar-refractivity contribution in [1.29, 1.82) is 5.26 Å². The third-order valence-corrected chi connectivity index (χ3v) is 4.93. The summed E-state index contributed by atoms with van der Waals surface area (Å²) in [5, 5.41) is 18.8. The van der Waals surface area contributed by atoms with E-state index in [2.05, 4.69) is 4.90 Å². The number of benzene rings is 1. The first-order chi connectivity index (χ1) is 11.7. The molecule has 1 aliphatic carbocycles. The second-order valence-corrected chi connectivity index (χ2v) is 6.41. The SMILES string of the molecule is N#Cc1ccc(OCC(=O)N2CCN([C@@H]3CCC[C@H]3O)CC2)cc1. The molecule has 2 aliphatic rings. The monoisotopic (exact) mass is 329 g/mol. The van der Waals surface area contributed by atoms with Crippen LogP contribution in [0, 0.1) is 11.3 Å². The summed E-state index contributed by atoms with van der Waals surface area (Å²) in [5.74, 6) is 0.570. The summed E-state index contributed by atoms with van der Waals surface area (Å²) < 4.78 is 5.51. The van der Waals surface area contributed by atoms with Crippen molar-refractivity contribution in [2.75, 3.05) is 32.8 Å². The van der Waals surface area contributed by atoms with Gasteiger partial charge in [-0.3, -0.25) is 9.69 Å². The van der Waals surface area contributed by atoms with E-state index in [1.807, 2.05) is 11.0 Å². The number of nitrogens with zero attached hydrogens (tertiary/aromatic N) is 3. The Morgan fingerprint density at radius 1 is 1.21 bits per heavy atom. The maximum absolute atomic E-state index is 12.3. The van der Waals surface area contributed by atoms with Crippen LogP contribution in [0.25, 0.3) is 0 Å². The number of carbonyl (C=O) groups is 1. The summed E-state index contributed by atoms with van der Waals surface area (Å²) in [6, 6.07) is 9.05. The first-order valence-corrected chi connectivity index (χ1v) is 8.50. The van der Waals surface area contributed by atoms with Gasteiger partial charge in [-0.15, -0.1) is 0 Å². The zero-order chi connectivity index (χ0) is 16.9. The molecule has 1 N–H and O–H groups in total. The lowest BCUT2D eigenvalue weighted by atomic mass is 10.1. The number of ether oxygens (including phenoxy) is 1. The number of piperazine rings is 1. The quantitative estimate of drug-likeness (QED) is 0.891. The van der Waals surface area contributed by atoms with Gasteiger partial charge in [0.15, 0.2) is 6.61 Å². The van der Waals surface area contributed by atoms with Crippen molar-refractivity contribution in [2.24, 2.45) is 0 Å². The fourth-order valence-corrected chi connectivity index (χ4v) is 3.51. The van der Waals surface area contributed by atoms with Crippen molar-refractivity contribution in [1.82, 2.24) is 9.80 Å². The molecular formula is C18H23N3O3. The van der Waals surface area contributed by atoms with Gasteiger partial charge in [0.05, 0.1) is 17.7 Å². The Morgan fingerprint density at radius 2 is 1.92 bits per heavy atom. The molecule has 1 aromatic carbocycles. The molecule has 3 rings (SSSR count). The lowest BCUT2D eigenvalue weighted by molar-refractivity contribution is -0.135. The largest absolute Gasteiger partial charge is 0.484 e. The van der Waals surface area contributed by atoms with Crippen LogP contribution in [0.3, 0.4) is 0 Å². The van der Waals surface area contributed by atoms with Gasteiger partial charge in [0.25, 0.3) is 5.91 Å². The number of amides is 1. The lowest BCUT2D eigenvalue weighted by Gasteiger charge is -2.39. The molecule has 6 nitrogen and oxygen atoms in total. The van der Waals surface area contributed by atoms with Crippen LogP contribution >= 0.6 is 0 Å². The molecule has 0 aromatic heterocycles. The number of aliphatic hydroxyl groups is 1. The number of aliphatic hydroxyl groups excluding tert-OH is 1. The highest BCUT2D eigenvalue weighted by molar-refractivity contribution is 5.77. The smallest absolute Gasteiger partial charge is 0.260 e. The summed E-state index contributed by atoms with van der Waals surface area (Å²) in [4.78, 5) is 16.4. The molecule has 0 bridgehead atoms. The molecule has 1 heterocycles. The summed E-state index contributed by atoms with van der Waals surface area (Å²) in [7, 11) is 0. The van der Waals surface area contributed by atoms with E-state index in [1.54, 1.807) is 24.3 Å². The third-order valence-electron chi connectivity index (χ3n) is 4.93. The van der Waals surface area contributed by atoms with Gasteiger partial charge in [0.2, 0.25) is 0 Å². The van der Waals surface area contributed by atoms with Gasteiger partial charge < -0.3 is 14.7 Å². The Hall–Kier alpha value is -2.10. The standard InChI is InChI=1S/C18H23N3O3/c19-12-14-4-6-15(7-5-14)24-13-18(23)21-10-8-20(9-11-21)16-2-1-3-17(16)22/h4-7,16-17,22H,1-3,8-11,13H2/t16-,17-/m1/s1. The van der Waals surface area contributed by atoms with Crippen LogP contribution in [0.15, 0.2) is 24.3 Å². The van der Waals surface area contributed by atoms with Crippen LogP contribution < -0.4 is 4.74 Å². The highest BCUT2D eigenvalue weighted by atomic mass is 16.5. The van der Waals surface area contributed by atoms with Crippen molar-refractivity contribution >= 4 is 5.91 Å². The number of nitriles is 1. The molecule has 0 unspecified atom stereocenters. The molecule has 1 aliphatic heterocycles. The molecular weight excluding hydrogens is 306 g/mol. The average Bonchev–Trinajstić information content (AvgIpc) is 3.06. The van der Waals surface area contributed by atoms with E-state index in [9.17, 15) is 9.90 Å². The molecule has 2 fully saturated rings. The molecule has 1 aromatic rings. The van der Waals surface area contributed by atoms with Gasteiger partial charge in [0.1, 0.15) is 5.75 Å². The van der Waals surface area contributed by atoms with Crippen molar-refractivity contribution in [3.05, 3.63) is 29.8 Å². The lowest BCUT2D eigenvalue weighted by Crippen LogP contribution is -2.54. The summed E-state index contributed by atoms with van der Waals surface area (Å²) in [6.45, 7) is 2.99. The zero-order valence-corrected chi connectivity index (χ0v) is 13.7. The van der Waals surface area contributed by atoms with Crippen LogP contribution in [0.2, 0.25) is 0 Å². The maximum Gasteiger partial charge on any atom is 0.260 e. The number of carbonyl (C=O) groups excluding carboxylic acids is 1. The van der Waals surface area contributed by atoms with E-state index in [0.717, 1.165) is 32.4 Å². The first kappa shape index (κ1) is 16.7. The zero-order valence-electron chi connectivity index (χ0n) is 13.7. The predicted octanol–water partition coefficient (Wildman–Crippen LogP) is 0.995. The Morgan fingerprint density at radius 3 is 2.50 bits per heavy atom. The topological polar surface area (TPSA) is 76.8 Å². The van der Waals surface area contributed by atoms with Gasteiger partial charge in [0, 0.05) is 32.2 Å². The minimum atomic E-state index is -0.216. The van der Waals surface area contributed by atoms with E-state index in [-0.39, 0.29) is 24.7 Å². The molecule has 128 valence electrons. The third kappa shape index (κ3) is 3.86. The fourth-order valence-electron chi connectivity index (χ4n) is 3.51. The number of hydrogen-bond acceptors (Lipinski definition) is 5. The Kier molecular flexibility index (Phi) is 5.34. The van der Waals surface area contributed by atoms with E-state index < -0.39 is 0 Å². The van der Waals surface area contributed by atoms with Gasteiger partial charge in [-0.2, -0.15) is 5.26 Å². The molecule has 2 atom stereocenters. The molecule has 0 spiro atoms. The van der Waals surface area contributed by atoms with E-state index in [0.29, 0.717) is 24.4 Å².